The zero-order valence-corrected chi connectivity index (χ0v) is 13.6. The Balaban J connectivity index is 2.05. The van der Waals surface area contributed by atoms with Gasteiger partial charge in [-0.05, 0) is 25.8 Å². The number of carbonyl (C=O) groups is 1. The molecule has 0 radical (unpaired) electrons. The second kappa shape index (κ2) is 7.15. The van der Waals surface area contributed by atoms with Gasteiger partial charge in [0, 0.05) is 37.6 Å². The summed E-state index contributed by atoms with van der Waals surface area (Å²) in [4.78, 5) is 20.7. The third kappa shape index (κ3) is 3.90. The minimum Gasteiger partial charge on any atom is -0.348 e. The van der Waals surface area contributed by atoms with Crippen LogP contribution in [0.25, 0.3) is 0 Å². The van der Waals surface area contributed by atoms with Crippen LogP contribution in [0.3, 0.4) is 0 Å². The van der Waals surface area contributed by atoms with Crippen molar-refractivity contribution in [2.75, 3.05) is 0 Å². The Hall–Kier alpha value is -2.24. The van der Waals surface area contributed by atoms with Crippen LogP contribution in [0.15, 0.2) is 24.7 Å². The molecular formula is C16H23N5O. The fourth-order valence-corrected chi connectivity index (χ4v) is 2.24. The molecule has 1 amide bonds. The van der Waals surface area contributed by atoms with Crippen molar-refractivity contribution in [3.05, 3.63) is 41.7 Å². The van der Waals surface area contributed by atoms with Crippen molar-refractivity contribution in [1.82, 2.24) is 25.1 Å². The first-order valence-electron chi connectivity index (χ1n) is 7.64. The molecule has 0 aliphatic heterocycles. The number of aromatic nitrogens is 4. The molecule has 0 spiro atoms. The van der Waals surface area contributed by atoms with Gasteiger partial charge in [0.05, 0.1) is 11.4 Å². The summed E-state index contributed by atoms with van der Waals surface area (Å²) in [5, 5.41) is 7.48. The van der Waals surface area contributed by atoms with Gasteiger partial charge in [0.25, 0.3) is 5.91 Å². The molecule has 6 heteroatoms. The molecule has 0 aliphatic rings. The van der Waals surface area contributed by atoms with Crippen LogP contribution in [-0.4, -0.2) is 31.7 Å². The van der Waals surface area contributed by atoms with Crippen LogP contribution in [0.2, 0.25) is 0 Å². The van der Waals surface area contributed by atoms with Crippen LogP contribution >= 0.6 is 0 Å². The summed E-state index contributed by atoms with van der Waals surface area (Å²) >= 11 is 0. The van der Waals surface area contributed by atoms with Crippen LogP contribution < -0.4 is 5.32 Å². The van der Waals surface area contributed by atoms with Gasteiger partial charge in [-0.1, -0.05) is 13.8 Å². The zero-order valence-electron chi connectivity index (χ0n) is 13.6. The number of amides is 1. The van der Waals surface area contributed by atoms with Crippen molar-refractivity contribution in [3.63, 3.8) is 0 Å². The molecule has 0 saturated carbocycles. The highest BCUT2D eigenvalue weighted by Gasteiger charge is 2.18. The van der Waals surface area contributed by atoms with Gasteiger partial charge in [-0.15, -0.1) is 0 Å². The maximum absolute atomic E-state index is 12.5. The molecule has 2 aromatic heterocycles. The van der Waals surface area contributed by atoms with Crippen LogP contribution in [0.5, 0.6) is 0 Å². The van der Waals surface area contributed by atoms with Crippen LogP contribution in [0.1, 0.15) is 55.5 Å². The lowest BCUT2D eigenvalue weighted by atomic mass is 10.1. The summed E-state index contributed by atoms with van der Waals surface area (Å²) in [6, 6.07) is 1.85. The van der Waals surface area contributed by atoms with Gasteiger partial charge in [-0.3, -0.25) is 19.4 Å². The smallest absolute Gasteiger partial charge is 0.269 e. The summed E-state index contributed by atoms with van der Waals surface area (Å²) < 4.78 is 1.75. The fraction of sp³-hybridized carbons (Fsp3) is 0.500. The zero-order chi connectivity index (χ0) is 16.1. The van der Waals surface area contributed by atoms with E-state index in [1.54, 1.807) is 23.3 Å². The van der Waals surface area contributed by atoms with Crippen molar-refractivity contribution in [2.24, 2.45) is 0 Å². The molecule has 2 rings (SSSR count). The summed E-state index contributed by atoms with van der Waals surface area (Å²) in [7, 11) is 0. The predicted octanol–water partition coefficient (Wildman–Crippen LogP) is 2.18. The van der Waals surface area contributed by atoms with E-state index in [1.165, 1.54) is 0 Å². The van der Waals surface area contributed by atoms with Gasteiger partial charge in [0.1, 0.15) is 5.69 Å². The minimum atomic E-state index is -0.0994. The van der Waals surface area contributed by atoms with Gasteiger partial charge >= 0.3 is 0 Å². The maximum Gasteiger partial charge on any atom is 0.269 e. The van der Waals surface area contributed by atoms with Crippen molar-refractivity contribution in [1.29, 1.82) is 0 Å². The van der Waals surface area contributed by atoms with Gasteiger partial charge in [-0.2, -0.15) is 5.10 Å². The van der Waals surface area contributed by atoms with E-state index < -0.39 is 0 Å². The highest BCUT2D eigenvalue weighted by molar-refractivity contribution is 5.92. The molecule has 2 heterocycles. The van der Waals surface area contributed by atoms with Gasteiger partial charge in [0.2, 0.25) is 0 Å². The highest BCUT2D eigenvalue weighted by Crippen LogP contribution is 2.14. The molecule has 0 fully saturated rings. The van der Waals surface area contributed by atoms with E-state index in [4.69, 9.17) is 0 Å². The summed E-state index contributed by atoms with van der Waals surface area (Å²) in [6.45, 7) is 8.76. The first-order valence-corrected chi connectivity index (χ1v) is 7.64. The second-order valence-electron chi connectivity index (χ2n) is 5.70. The van der Waals surface area contributed by atoms with Gasteiger partial charge < -0.3 is 5.32 Å². The third-order valence-corrected chi connectivity index (χ3v) is 3.43. The Morgan fingerprint density at radius 1 is 1.32 bits per heavy atom. The number of rotatable bonds is 6. The second-order valence-corrected chi connectivity index (χ2v) is 5.70. The number of hydrogen-bond donors (Lipinski definition) is 1. The summed E-state index contributed by atoms with van der Waals surface area (Å²) in [5.41, 5.74) is 2.41. The average molecular weight is 301 g/mol. The highest BCUT2D eigenvalue weighted by atomic mass is 16.2. The molecule has 0 bridgehead atoms. The molecule has 0 aromatic carbocycles. The lowest BCUT2D eigenvalue weighted by Crippen LogP contribution is -2.35. The summed E-state index contributed by atoms with van der Waals surface area (Å²) in [6.07, 6.45) is 5.66. The molecule has 0 saturated heterocycles. The normalized spacial score (nSPS) is 12.4. The van der Waals surface area contributed by atoms with E-state index >= 15 is 0 Å². The van der Waals surface area contributed by atoms with Crippen molar-refractivity contribution in [3.8, 4) is 0 Å². The molecule has 1 unspecified atom stereocenters. The first-order chi connectivity index (χ1) is 10.5. The average Bonchev–Trinajstić information content (AvgIpc) is 2.92. The number of carbonyl (C=O) groups excluding carboxylic acids is 1. The lowest BCUT2D eigenvalue weighted by Gasteiger charge is -2.13. The number of aryl methyl sites for hydroxylation is 1. The quantitative estimate of drug-likeness (QED) is 0.887. The monoisotopic (exact) mass is 301 g/mol. The van der Waals surface area contributed by atoms with E-state index in [-0.39, 0.29) is 11.9 Å². The Morgan fingerprint density at radius 2 is 2.09 bits per heavy atom. The largest absolute Gasteiger partial charge is 0.348 e. The van der Waals surface area contributed by atoms with E-state index in [9.17, 15) is 4.79 Å². The van der Waals surface area contributed by atoms with Gasteiger partial charge in [0.15, 0.2) is 0 Å². The Labute approximate surface area is 131 Å². The van der Waals surface area contributed by atoms with Crippen molar-refractivity contribution >= 4 is 5.91 Å². The van der Waals surface area contributed by atoms with E-state index in [0.29, 0.717) is 24.6 Å². The molecule has 118 valence electrons. The third-order valence-electron chi connectivity index (χ3n) is 3.43. The van der Waals surface area contributed by atoms with E-state index in [2.05, 4.69) is 34.2 Å². The topological polar surface area (TPSA) is 72.7 Å². The SMILES string of the molecule is CCn1nc(C(C)C)cc1C(=O)NC(C)Cc1cnccn1. The number of nitrogens with zero attached hydrogens (tertiary/aromatic N) is 4. The van der Waals surface area contributed by atoms with Crippen LogP contribution in [0, 0.1) is 0 Å². The first kappa shape index (κ1) is 16.1. The van der Waals surface area contributed by atoms with Crippen molar-refractivity contribution < 1.29 is 4.79 Å². The molecule has 6 nitrogen and oxygen atoms in total. The molecule has 1 atom stereocenters. The van der Waals surface area contributed by atoms with Crippen LogP contribution in [0.4, 0.5) is 0 Å². The van der Waals surface area contributed by atoms with E-state index in [0.717, 1.165) is 11.4 Å². The number of nitrogens with one attached hydrogen (secondary N) is 1. The Morgan fingerprint density at radius 3 is 2.68 bits per heavy atom. The standard InChI is InChI=1S/C16H23N5O/c1-5-21-15(9-14(20-21)11(2)3)16(22)19-12(4)8-13-10-17-6-7-18-13/h6-7,9-12H,5,8H2,1-4H3,(H,19,22). The van der Waals surface area contributed by atoms with Crippen LogP contribution in [-0.2, 0) is 13.0 Å². The molecule has 0 aliphatic carbocycles. The van der Waals surface area contributed by atoms with Crippen molar-refractivity contribution in [2.45, 2.75) is 52.6 Å². The molecule has 22 heavy (non-hydrogen) atoms. The van der Waals surface area contributed by atoms with Gasteiger partial charge in [-0.25, -0.2) is 0 Å². The predicted molar refractivity (Wildman–Crippen MR) is 84.7 cm³/mol. The maximum atomic E-state index is 12.5. The lowest BCUT2D eigenvalue weighted by molar-refractivity contribution is 0.0929. The fourth-order valence-electron chi connectivity index (χ4n) is 2.24. The number of hydrogen-bond acceptors (Lipinski definition) is 4. The minimum absolute atomic E-state index is 0.0214. The molecule has 2 aromatic rings. The Kier molecular flexibility index (Phi) is 5.25. The molecular weight excluding hydrogens is 278 g/mol. The summed E-state index contributed by atoms with van der Waals surface area (Å²) in [5.74, 6) is 0.203. The Bertz CT molecular complexity index is 621. The van der Waals surface area contributed by atoms with E-state index in [1.807, 2.05) is 19.9 Å². The molecule has 1 N–H and O–H groups in total.